The average Bonchev–Trinajstić information content (AvgIpc) is 3.33. The van der Waals surface area contributed by atoms with Crippen LogP contribution in [0.25, 0.3) is 0 Å². The minimum Gasteiger partial charge on any atom is -0.435 e. The molecule has 0 aromatic carbocycles. The summed E-state index contributed by atoms with van der Waals surface area (Å²) in [6.45, 7) is 8.96. The van der Waals surface area contributed by atoms with E-state index in [1.165, 1.54) is 0 Å². The molecule has 5 rings (SSSR count). The normalized spacial score (nSPS) is 24.7. The van der Waals surface area contributed by atoms with Crippen molar-refractivity contribution >= 4 is 23.5 Å². The molecule has 1 spiro atoms. The number of rotatable bonds is 6. The fourth-order valence-electron chi connectivity index (χ4n) is 5.62. The zero-order valence-electron chi connectivity index (χ0n) is 21.7. The van der Waals surface area contributed by atoms with E-state index in [4.69, 9.17) is 14.5 Å². The maximum absolute atomic E-state index is 12.5. The van der Waals surface area contributed by atoms with E-state index < -0.39 is 11.7 Å². The third-order valence-electron chi connectivity index (χ3n) is 7.58. The first-order valence-corrected chi connectivity index (χ1v) is 13.0. The molecule has 2 amide bonds. The van der Waals surface area contributed by atoms with Gasteiger partial charge in [-0.1, -0.05) is 0 Å². The van der Waals surface area contributed by atoms with Crippen molar-refractivity contribution in [3.05, 3.63) is 40.8 Å². The second-order valence-electron chi connectivity index (χ2n) is 10.4. The van der Waals surface area contributed by atoms with Crippen molar-refractivity contribution in [3.63, 3.8) is 0 Å². The molecule has 3 N–H and O–H groups in total. The number of nitrogens with one attached hydrogen (secondary N) is 3. The van der Waals surface area contributed by atoms with Crippen LogP contribution in [0.2, 0.25) is 0 Å². The summed E-state index contributed by atoms with van der Waals surface area (Å²) in [6, 6.07) is 3.82. The number of ether oxygens (including phenoxy) is 2. The summed E-state index contributed by atoms with van der Waals surface area (Å²) in [5.41, 5.74) is 5.66. The molecule has 2 aliphatic heterocycles. The van der Waals surface area contributed by atoms with Gasteiger partial charge in [-0.25, -0.2) is 15.2 Å². The lowest BCUT2D eigenvalue weighted by Crippen LogP contribution is -2.52. The minimum atomic E-state index is -0.773. The Morgan fingerprint density at radius 3 is 2.68 bits per heavy atom. The summed E-state index contributed by atoms with van der Waals surface area (Å²) in [6.07, 6.45) is 5.26. The number of carbonyl (C=O) groups excluding carboxylic acids is 2. The van der Waals surface area contributed by atoms with Gasteiger partial charge in [0.05, 0.1) is 13.2 Å². The van der Waals surface area contributed by atoms with Gasteiger partial charge in [0.25, 0.3) is 5.91 Å². The zero-order valence-corrected chi connectivity index (χ0v) is 21.7. The average molecular weight is 510 g/mol. The summed E-state index contributed by atoms with van der Waals surface area (Å²) >= 11 is 0. The van der Waals surface area contributed by atoms with E-state index in [-0.39, 0.29) is 11.9 Å². The number of pyridine rings is 1. The van der Waals surface area contributed by atoms with E-state index in [0.717, 1.165) is 60.7 Å². The van der Waals surface area contributed by atoms with Crippen molar-refractivity contribution < 1.29 is 19.1 Å². The van der Waals surface area contributed by atoms with Gasteiger partial charge in [0, 0.05) is 36.6 Å². The van der Waals surface area contributed by atoms with Crippen molar-refractivity contribution in [2.75, 3.05) is 31.2 Å². The highest BCUT2D eigenvalue weighted by atomic mass is 16.6. The summed E-state index contributed by atoms with van der Waals surface area (Å²) in [7, 11) is 0. The lowest BCUT2D eigenvalue weighted by atomic mass is 9.72. The number of hydrazone groups is 1. The van der Waals surface area contributed by atoms with Crippen LogP contribution in [0.5, 0.6) is 0 Å². The summed E-state index contributed by atoms with van der Waals surface area (Å²) in [5.74, 6) is 1.15. The highest BCUT2D eigenvalue weighted by Crippen LogP contribution is 2.41. The highest BCUT2D eigenvalue weighted by molar-refractivity contribution is 6.09. The molecule has 2 fully saturated rings. The van der Waals surface area contributed by atoms with Crippen LogP contribution in [0, 0.1) is 19.8 Å². The Hall–Kier alpha value is -3.47. The Bertz CT molecular complexity index is 1180. The molecule has 1 atom stereocenters. The van der Waals surface area contributed by atoms with E-state index in [9.17, 15) is 9.59 Å². The van der Waals surface area contributed by atoms with Gasteiger partial charge < -0.3 is 19.7 Å². The Labute approximate surface area is 216 Å². The second kappa shape index (κ2) is 10.5. The lowest BCUT2D eigenvalue weighted by molar-refractivity contribution is 0.0154. The van der Waals surface area contributed by atoms with Gasteiger partial charge in [-0.3, -0.25) is 9.89 Å². The van der Waals surface area contributed by atoms with Crippen LogP contribution in [-0.4, -0.2) is 70.8 Å². The number of carbonyl (C=O) groups is 2. The van der Waals surface area contributed by atoms with Crippen LogP contribution in [0.15, 0.2) is 23.4 Å². The predicted octanol–water partition coefficient (Wildman–Crippen LogP) is 2.84. The first kappa shape index (κ1) is 25.2. The van der Waals surface area contributed by atoms with Crippen LogP contribution in [0.4, 0.5) is 10.6 Å². The first-order valence-electron chi connectivity index (χ1n) is 13.0. The van der Waals surface area contributed by atoms with Crippen LogP contribution >= 0.6 is 0 Å². The number of aryl methyl sites for hydroxylation is 2. The number of H-pyrrole nitrogens is 1. The largest absolute Gasteiger partial charge is 0.435 e. The standard InChI is InChI=1S/C26H35N7O4/c1-16-12-22(33-8-10-36-11-9-33)27-15-20(16)23-26(37-25(35)32-31-23)6-4-19(5-7-26)13-17(2)28-24(34)21-14-18(3)29-30-21/h12,14-15,17,19H,4-11,13H2,1-3H3,(H,28,34)(H,29,30)(H,32,35)/t17-,19?,26?/m0/s1. The summed E-state index contributed by atoms with van der Waals surface area (Å²) in [5, 5.41) is 14.4. The van der Waals surface area contributed by atoms with Crippen molar-refractivity contribution in [1.82, 2.24) is 25.9 Å². The third kappa shape index (κ3) is 5.46. The monoisotopic (exact) mass is 509 g/mol. The van der Waals surface area contributed by atoms with Gasteiger partial charge >= 0.3 is 6.09 Å². The van der Waals surface area contributed by atoms with Crippen molar-refractivity contribution in [1.29, 1.82) is 0 Å². The van der Waals surface area contributed by atoms with Gasteiger partial charge in [-0.15, -0.1) is 0 Å². The minimum absolute atomic E-state index is 0.00597. The molecule has 4 heterocycles. The molecule has 1 aliphatic carbocycles. The Morgan fingerprint density at radius 2 is 2.00 bits per heavy atom. The van der Waals surface area contributed by atoms with E-state index >= 15 is 0 Å². The van der Waals surface area contributed by atoms with Crippen LogP contribution < -0.4 is 15.6 Å². The second-order valence-corrected chi connectivity index (χ2v) is 10.4. The van der Waals surface area contributed by atoms with Crippen LogP contribution in [-0.2, 0) is 9.47 Å². The number of morpholine rings is 1. The van der Waals surface area contributed by atoms with E-state index in [2.05, 4.69) is 37.0 Å². The van der Waals surface area contributed by atoms with Gasteiger partial charge in [0.15, 0.2) is 5.60 Å². The molecular formula is C26H35N7O4. The Balaban J connectivity index is 1.25. The molecule has 0 unspecified atom stereocenters. The molecule has 0 radical (unpaired) electrons. The molecule has 3 aliphatic rings. The fourth-order valence-corrected chi connectivity index (χ4v) is 5.62. The summed E-state index contributed by atoms with van der Waals surface area (Å²) in [4.78, 5) is 31.6. The predicted molar refractivity (Wildman–Crippen MR) is 138 cm³/mol. The maximum atomic E-state index is 12.5. The van der Waals surface area contributed by atoms with Gasteiger partial charge in [0.2, 0.25) is 0 Å². The Kier molecular flexibility index (Phi) is 7.14. The van der Waals surface area contributed by atoms with Gasteiger partial charge in [-0.2, -0.15) is 10.2 Å². The molecule has 37 heavy (non-hydrogen) atoms. The summed E-state index contributed by atoms with van der Waals surface area (Å²) < 4.78 is 11.4. The lowest BCUT2D eigenvalue weighted by Gasteiger charge is -2.42. The number of anilines is 1. The third-order valence-corrected chi connectivity index (χ3v) is 7.58. The molecular weight excluding hydrogens is 474 g/mol. The molecule has 1 saturated heterocycles. The molecule has 11 nitrogen and oxygen atoms in total. The molecule has 11 heteroatoms. The SMILES string of the molecule is Cc1cc(C(=O)N[C@@H](C)CC2CCC3(CC2)OC(=O)NN=C3c2cnc(N3CCOCC3)cc2C)n[nH]1. The quantitative estimate of drug-likeness (QED) is 0.545. The number of hydrogen-bond acceptors (Lipinski definition) is 8. The zero-order chi connectivity index (χ0) is 26.0. The molecule has 1 saturated carbocycles. The molecule has 2 aromatic rings. The van der Waals surface area contributed by atoms with Crippen molar-refractivity contribution in [3.8, 4) is 0 Å². The number of nitrogens with zero attached hydrogens (tertiary/aromatic N) is 4. The first-order chi connectivity index (χ1) is 17.8. The van der Waals surface area contributed by atoms with Crippen LogP contribution in [0.3, 0.4) is 0 Å². The van der Waals surface area contributed by atoms with E-state index in [1.807, 2.05) is 27.0 Å². The van der Waals surface area contributed by atoms with Gasteiger partial charge in [0.1, 0.15) is 17.2 Å². The fraction of sp³-hybridized carbons (Fsp3) is 0.577. The maximum Gasteiger partial charge on any atom is 0.428 e. The van der Waals surface area contributed by atoms with Crippen molar-refractivity contribution in [2.45, 2.75) is 64.5 Å². The number of aromatic amines is 1. The number of hydrogen-bond donors (Lipinski definition) is 3. The smallest absolute Gasteiger partial charge is 0.428 e. The molecule has 2 aromatic heterocycles. The van der Waals surface area contributed by atoms with E-state index in [1.54, 1.807) is 6.07 Å². The van der Waals surface area contributed by atoms with E-state index in [0.29, 0.717) is 37.7 Å². The van der Waals surface area contributed by atoms with Crippen molar-refractivity contribution in [2.24, 2.45) is 11.0 Å². The molecule has 0 bridgehead atoms. The highest BCUT2D eigenvalue weighted by Gasteiger charge is 2.47. The molecule has 198 valence electrons. The number of amides is 2. The topological polar surface area (TPSA) is 134 Å². The van der Waals surface area contributed by atoms with Gasteiger partial charge in [-0.05, 0) is 76.5 Å². The number of aromatic nitrogens is 3. The van der Waals surface area contributed by atoms with Crippen LogP contribution in [0.1, 0.15) is 66.3 Å². The Morgan fingerprint density at radius 1 is 1.24 bits per heavy atom.